The van der Waals surface area contributed by atoms with Crippen LogP contribution in [0.25, 0.3) is 0 Å². The van der Waals surface area contributed by atoms with Crippen LogP contribution in [0.15, 0.2) is 35.1 Å². The van der Waals surface area contributed by atoms with Crippen LogP contribution >= 0.6 is 16.3 Å². The quantitative estimate of drug-likeness (QED) is 0.465. The smallest absolute Gasteiger partial charge is 0.292 e. The third kappa shape index (κ3) is 7.81. The molecule has 0 saturated carbocycles. The van der Waals surface area contributed by atoms with Crippen LogP contribution < -0.4 is 11.1 Å². The van der Waals surface area contributed by atoms with Gasteiger partial charge in [0.05, 0.1) is 34.5 Å². The van der Waals surface area contributed by atoms with Crippen LogP contribution in [-0.4, -0.2) is 84.6 Å². The Morgan fingerprint density at radius 3 is 2.83 bits per heavy atom. The Balaban J connectivity index is 1.96. The molecule has 1 saturated heterocycles. The predicted molar refractivity (Wildman–Crippen MR) is 116 cm³/mol. The van der Waals surface area contributed by atoms with E-state index in [0.29, 0.717) is 18.8 Å². The van der Waals surface area contributed by atoms with Gasteiger partial charge in [0, 0.05) is 32.7 Å². The first-order valence-electron chi connectivity index (χ1n) is 9.61. The number of anilines is 1. The summed E-state index contributed by atoms with van der Waals surface area (Å²) in [6.07, 6.45) is 9.11. The summed E-state index contributed by atoms with van der Waals surface area (Å²) >= 11 is 3.10. The summed E-state index contributed by atoms with van der Waals surface area (Å²) < 4.78 is 10.5. The van der Waals surface area contributed by atoms with E-state index in [9.17, 15) is 4.79 Å². The van der Waals surface area contributed by atoms with Crippen molar-refractivity contribution in [1.82, 2.24) is 25.0 Å². The molecule has 2 unspecified atom stereocenters. The summed E-state index contributed by atoms with van der Waals surface area (Å²) in [6, 6.07) is -0.00772. The summed E-state index contributed by atoms with van der Waals surface area (Å²) in [5, 5.41) is 3.38. The Morgan fingerprint density at radius 2 is 2.24 bits per heavy atom. The number of hydrogen-bond acceptors (Lipinski definition) is 8. The van der Waals surface area contributed by atoms with E-state index in [1.807, 2.05) is 55.2 Å². The van der Waals surface area contributed by atoms with Crippen molar-refractivity contribution in [3.05, 3.63) is 36.4 Å². The Kier molecular flexibility index (Phi) is 9.65. The lowest BCUT2D eigenvalue weighted by molar-refractivity contribution is -0.135. The second-order valence-corrected chi connectivity index (χ2v) is 7.53. The fraction of sp³-hybridized carbons (Fsp3) is 0.579. The van der Waals surface area contributed by atoms with Crippen molar-refractivity contribution in [3.63, 3.8) is 0 Å². The van der Waals surface area contributed by atoms with Crippen molar-refractivity contribution >= 4 is 28.2 Å². The summed E-state index contributed by atoms with van der Waals surface area (Å²) in [5.41, 5.74) is 6.24. The number of hydrogen-bond donors (Lipinski definition) is 2. The highest BCUT2D eigenvalue weighted by molar-refractivity contribution is 9.06. The van der Waals surface area contributed by atoms with Crippen LogP contribution in [-0.2, 0) is 15.2 Å². The molecule has 0 spiro atoms. The third-order valence-corrected chi connectivity index (χ3v) is 5.03. The number of amides is 1. The Hall–Kier alpha value is -1.88. The largest absolute Gasteiger partial charge is 0.432 e. The SMILES string of the molecule is C/C=C\C(OBr)C(/C=C/N1CCN(CCN(C)C)C(=O)C1)NCc1coc(N)n1. The van der Waals surface area contributed by atoms with Gasteiger partial charge in [0.15, 0.2) is 0 Å². The molecule has 3 N–H and O–H groups in total. The predicted octanol–water partition coefficient (Wildman–Crippen LogP) is 1.21. The number of nitrogen functional groups attached to an aromatic ring is 1. The van der Waals surface area contributed by atoms with Gasteiger partial charge < -0.3 is 30.2 Å². The molecule has 2 atom stereocenters. The highest BCUT2D eigenvalue weighted by Crippen LogP contribution is 2.11. The molecule has 1 aromatic rings. The first kappa shape index (κ1) is 23.4. The van der Waals surface area contributed by atoms with Crippen LogP contribution in [0.2, 0.25) is 0 Å². The minimum absolute atomic E-state index is 0.140. The van der Waals surface area contributed by atoms with Crippen LogP contribution in [0.3, 0.4) is 0 Å². The number of allylic oxidation sites excluding steroid dienone is 1. The van der Waals surface area contributed by atoms with Gasteiger partial charge in [0.1, 0.15) is 12.4 Å². The van der Waals surface area contributed by atoms with E-state index in [0.717, 1.165) is 26.2 Å². The number of carbonyl (C=O) groups is 1. The molecular formula is C19H31BrN6O3. The van der Waals surface area contributed by atoms with E-state index in [2.05, 4.69) is 31.5 Å². The molecule has 2 heterocycles. The maximum absolute atomic E-state index is 12.4. The monoisotopic (exact) mass is 470 g/mol. The molecule has 1 aromatic heterocycles. The first-order valence-corrected chi connectivity index (χ1v) is 10.3. The molecule has 0 bridgehead atoms. The van der Waals surface area contributed by atoms with Crippen molar-refractivity contribution in [2.45, 2.75) is 25.6 Å². The van der Waals surface area contributed by atoms with Crippen LogP contribution in [0.5, 0.6) is 0 Å². The lowest BCUT2D eigenvalue weighted by Gasteiger charge is -2.34. The summed E-state index contributed by atoms with van der Waals surface area (Å²) in [4.78, 5) is 22.5. The Morgan fingerprint density at radius 1 is 1.45 bits per heavy atom. The van der Waals surface area contributed by atoms with Gasteiger partial charge in [-0.1, -0.05) is 12.2 Å². The molecule has 9 nitrogen and oxygen atoms in total. The fourth-order valence-corrected chi connectivity index (χ4v) is 3.30. The zero-order valence-electron chi connectivity index (χ0n) is 17.3. The van der Waals surface area contributed by atoms with Gasteiger partial charge in [0.25, 0.3) is 6.01 Å². The maximum Gasteiger partial charge on any atom is 0.292 e. The second-order valence-electron chi connectivity index (χ2n) is 7.16. The topological polar surface area (TPSA) is 100 Å². The lowest BCUT2D eigenvalue weighted by Crippen LogP contribution is -2.50. The minimum atomic E-state index is -0.238. The van der Waals surface area contributed by atoms with Gasteiger partial charge in [-0.2, -0.15) is 4.98 Å². The molecule has 2 rings (SSSR count). The third-order valence-electron chi connectivity index (χ3n) is 4.60. The van der Waals surface area contributed by atoms with Gasteiger partial charge in [-0.3, -0.25) is 8.62 Å². The number of piperazine rings is 1. The number of halogens is 1. The molecule has 0 radical (unpaired) electrons. The van der Waals surface area contributed by atoms with E-state index in [4.69, 9.17) is 14.0 Å². The van der Waals surface area contributed by atoms with E-state index in [-0.39, 0.29) is 24.1 Å². The van der Waals surface area contributed by atoms with Crippen LogP contribution in [0.4, 0.5) is 6.01 Å². The van der Waals surface area contributed by atoms with Crippen molar-refractivity contribution in [3.8, 4) is 0 Å². The normalized spacial score (nSPS) is 17.8. The van der Waals surface area contributed by atoms with E-state index < -0.39 is 0 Å². The number of nitrogens with two attached hydrogens (primary N) is 1. The average Bonchev–Trinajstić information content (AvgIpc) is 3.11. The highest BCUT2D eigenvalue weighted by Gasteiger charge is 2.23. The van der Waals surface area contributed by atoms with Gasteiger partial charge in [-0.25, -0.2) is 0 Å². The number of oxazole rings is 1. The zero-order valence-corrected chi connectivity index (χ0v) is 18.8. The van der Waals surface area contributed by atoms with E-state index in [1.54, 1.807) is 0 Å². The Labute approximate surface area is 181 Å². The number of likely N-dealkylation sites (N-methyl/N-ethyl adjacent to an activating group) is 1. The number of nitrogens with zero attached hydrogens (tertiary/aromatic N) is 4. The van der Waals surface area contributed by atoms with Crippen molar-refractivity contribution in [2.75, 3.05) is 52.6 Å². The maximum atomic E-state index is 12.4. The van der Waals surface area contributed by atoms with E-state index in [1.165, 1.54) is 6.26 Å². The summed E-state index contributed by atoms with van der Waals surface area (Å²) in [5.74, 6) is 0.145. The number of nitrogens with one attached hydrogen (secondary N) is 1. The molecule has 10 heteroatoms. The van der Waals surface area contributed by atoms with Gasteiger partial charge in [-0.15, -0.1) is 0 Å². The Bertz CT molecular complexity index is 693. The molecule has 1 aliphatic heterocycles. The molecule has 29 heavy (non-hydrogen) atoms. The van der Waals surface area contributed by atoms with Crippen LogP contribution in [0, 0.1) is 0 Å². The number of aromatic nitrogens is 1. The number of rotatable bonds is 11. The van der Waals surface area contributed by atoms with Gasteiger partial charge >= 0.3 is 0 Å². The standard InChI is InChI=1S/C19H31BrN6O3/c1-4-5-17(29-20)16(22-12-15-14-28-19(21)23-15)6-7-25-9-11-26(18(27)13-25)10-8-24(2)3/h4-7,14,16-17,22H,8-13H2,1-3H3,(H2,21,23)/b5-4-,7-6+. The molecule has 0 aliphatic carbocycles. The molecule has 1 fully saturated rings. The van der Waals surface area contributed by atoms with Gasteiger partial charge in [0.2, 0.25) is 5.91 Å². The summed E-state index contributed by atoms with van der Waals surface area (Å²) in [6.45, 7) is 5.93. The first-order chi connectivity index (χ1) is 13.9. The molecule has 0 aromatic carbocycles. The second kappa shape index (κ2) is 12.0. The molecule has 1 aliphatic rings. The molecule has 162 valence electrons. The summed E-state index contributed by atoms with van der Waals surface area (Å²) in [7, 11) is 4.02. The van der Waals surface area contributed by atoms with Crippen molar-refractivity contribution in [2.24, 2.45) is 0 Å². The van der Waals surface area contributed by atoms with Crippen molar-refractivity contribution < 1.29 is 13.0 Å². The minimum Gasteiger partial charge on any atom is -0.432 e. The highest BCUT2D eigenvalue weighted by atomic mass is 79.9. The van der Waals surface area contributed by atoms with Crippen molar-refractivity contribution in [1.29, 1.82) is 0 Å². The number of carbonyl (C=O) groups excluding carboxylic acids is 1. The van der Waals surface area contributed by atoms with Crippen LogP contribution in [0.1, 0.15) is 12.6 Å². The molecule has 1 amide bonds. The van der Waals surface area contributed by atoms with Gasteiger partial charge in [-0.05, 0) is 33.3 Å². The average molecular weight is 471 g/mol. The van der Waals surface area contributed by atoms with E-state index >= 15 is 0 Å². The zero-order chi connectivity index (χ0) is 21.2. The fourth-order valence-electron chi connectivity index (χ4n) is 2.94. The molecular weight excluding hydrogens is 440 g/mol. The lowest BCUT2D eigenvalue weighted by atomic mass is 10.1.